The molecule has 2 aromatic rings. The van der Waals surface area contributed by atoms with Crippen LogP contribution in [-0.4, -0.2) is 24.5 Å². The Morgan fingerprint density at radius 2 is 1.97 bits per heavy atom. The molecule has 1 aromatic heterocycles. The van der Waals surface area contributed by atoms with Crippen LogP contribution in [0, 0.1) is 11.8 Å². The van der Waals surface area contributed by atoms with Crippen LogP contribution in [0.25, 0.3) is 11.0 Å². The normalized spacial score (nSPS) is 20.2. The van der Waals surface area contributed by atoms with Gasteiger partial charge in [0.25, 0.3) is 5.91 Å². The largest absolute Gasteiger partial charge is 0.550 e. The standard InChI is InChI=1S/C22H27NO6/c1-3-15-10-20(24)29-19-11-17(8-9-18(15)19)28-13(2)21(25)23-12-14-4-6-16(7-5-14)22(26)27/h8-11,13-14,16H,3-7,12H2,1-2H3,(H,23,25)(H,26,27)/p-1/t13-,14?,16?/m1/s1. The van der Waals surface area contributed by atoms with Crippen molar-refractivity contribution in [3.8, 4) is 5.75 Å². The number of aryl methyl sites for hydroxylation is 1. The van der Waals surface area contributed by atoms with Crippen molar-refractivity contribution in [2.45, 2.75) is 52.1 Å². The summed E-state index contributed by atoms with van der Waals surface area (Å²) in [6, 6.07) is 6.69. The summed E-state index contributed by atoms with van der Waals surface area (Å²) in [7, 11) is 0. The molecule has 3 rings (SSSR count). The van der Waals surface area contributed by atoms with E-state index in [0.717, 1.165) is 23.8 Å². The second-order valence-electron chi connectivity index (χ2n) is 7.64. The van der Waals surface area contributed by atoms with E-state index in [9.17, 15) is 19.5 Å². The van der Waals surface area contributed by atoms with Crippen molar-refractivity contribution in [3.63, 3.8) is 0 Å². The number of fused-ring (bicyclic) bond motifs is 1. The summed E-state index contributed by atoms with van der Waals surface area (Å²) in [4.78, 5) is 35.0. The predicted octanol–water partition coefficient (Wildman–Crippen LogP) is 1.80. The minimum atomic E-state index is -0.980. The molecule has 1 heterocycles. The molecule has 29 heavy (non-hydrogen) atoms. The zero-order chi connectivity index (χ0) is 21.0. The molecule has 0 bridgehead atoms. The minimum Gasteiger partial charge on any atom is -0.550 e. The Hall–Kier alpha value is -2.83. The molecular formula is C22H26NO6-. The van der Waals surface area contributed by atoms with E-state index in [0.29, 0.717) is 37.1 Å². The summed E-state index contributed by atoms with van der Waals surface area (Å²) in [6.45, 7) is 4.12. The maximum atomic E-state index is 12.4. The van der Waals surface area contributed by atoms with Crippen molar-refractivity contribution in [3.05, 3.63) is 40.2 Å². The summed E-state index contributed by atoms with van der Waals surface area (Å²) in [6.07, 6.45) is 2.71. The average molecular weight is 400 g/mol. The lowest BCUT2D eigenvalue weighted by Crippen LogP contribution is -2.40. The number of carbonyl (C=O) groups is 2. The van der Waals surface area contributed by atoms with Crippen LogP contribution in [0.2, 0.25) is 0 Å². The number of aliphatic carboxylic acids is 1. The van der Waals surface area contributed by atoms with Crippen molar-refractivity contribution in [1.82, 2.24) is 5.32 Å². The van der Waals surface area contributed by atoms with Crippen LogP contribution in [0.1, 0.15) is 45.1 Å². The molecule has 0 unspecified atom stereocenters. The lowest BCUT2D eigenvalue weighted by atomic mass is 9.82. The molecule has 0 aliphatic heterocycles. The Balaban J connectivity index is 1.55. The van der Waals surface area contributed by atoms with Gasteiger partial charge in [0.15, 0.2) is 6.10 Å². The van der Waals surface area contributed by atoms with Crippen LogP contribution < -0.4 is 20.8 Å². The van der Waals surface area contributed by atoms with Crippen LogP contribution in [0.4, 0.5) is 0 Å². The third kappa shape index (κ3) is 5.16. The fraction of sp³-hybridized carbons (Fsp3) is 0.500. The van der Waals surface area contributed by atoms with Crippen molar-refractivity contribution in [1.29, 1.82) is 0 Å². The molecule has 1 aromatic carbocycles. The third-order valence-electron chi connectivity index (χ3n) is 5.61. The number of carbonyl (C=O) groups excluding carboxylic acids is 2. The number of carboxylic acids is 1. The molecule has 1 N–H and O–H groups in total. The molecular weight excluding hydrogens is 374 g/mol. The van der Waals surface area contributed by atoms with E-state index < -0.39 is 17.7 Å². The molecule has 1 fully saturated rings. The van der Waals surface area contributed by atoms with Crippen LogP contribution in [0.5, 0.6) is 5.75 Å². The lowest BCUT2D eigenvalue weighted by molar-refractivity contribution is -0.312. The Kier molecular flexibility index (Phi) is 6.56. The van der Waals surface area contributed by atoms with Gasteiger partial charge in [0.05, 0.1) is 0 Å². The minimum absolute atomic E-state index is 0.240. The summed E-state index contributed by atoms with van der Waals surface area (Å²) in [5.74, 6) is -0.872. The van der Waals surface area contributed by atoms with Crippen molar-refractivity contribution < 1.29 is 23.8 Å². The number of hydrogen-bond donors (Lipinski definition) is 1. The molecule has 7 nitrogen and oxygen atoms in total. The topological polar surface area (TPSA) is 109 Å². The Bertz CT molecular complexity index is 942. The molecule has 1 aliphatic carbocycles. The molecule has 1 saturated carbocycles. The third-order valence-corrected chi connectivity index (χ3v) is 5.61. The van der Waals surface area contributed by atoms with Gasteiger partial charge in [0.1, 0.15) is 11.3 Å². The molecule has 0 saturated heterocycles. The zero-order valence-electron chi connectivity index (χ0n) is 16.7. The highest BCUT2D eigenvalue weighted by Gasteiger charge is 2.23. The fourth-order valence-corrected chi connectivity index (χ4v) is 3.82. The molecule has 156 valence electrons. The van der Waals surface area contributed by atoms with Gasteiger partial charge in [-0.3, -0.25) is 4.79 Å². The monoisotopic (exact) mass is 400 g/mol. The molecule has 1 amide bonds. The van der Waals surface area contributed by atoms with Gasteiger partial charge in [-0.2, -0.15) is 0 Å². The summed E-state index contributed by atoms with van der Waals surface area (Å²) in [5.41, 5.74) is 0.928. The van der Waals surface area contributed by atoms with E-state index in [4.69, 9.17) is 9.15 Å². The molecule has 0 spiro atoms. The number of amides is 1. The van der Waals surface area contributed by atoms with Gasteiger partial charge in [0, 0.05) is 30.0 Å². The summed E-state index contributed by atoms with van der Waals surface area (Å²) < 4.78 is 11.0. The molecule has 7 heteroatoms. The number of hydrogen-bond acceptors (Lipinski definition) is 6. The average Bonchev–Trinajstić information content (AvgIpc) is 2.71. The van der Waals surface area contributed by atoms with E-state index in [2.05, 4.69) is 5.32 Å². The number of ether oxygens (including phenoxy) is 1. The first kappa shape index (κ1) is 20.9. The lowest BCUT2D eigenvalue weighted by Gasteiger charge is -2.29. The number of nitrogens with one attached hydrogen (secondary N) is 1. The van der Waals surface area contributed by atoms with E-state index in [-0.39, 0.29) is 17.7 Å². The smallest absolute Gasteiger partial charge is 0.336 e. The van der Waals surface area contributed by atoms with Gasteiger partial charge in [-0.05, 0) is 68.6 Å². The zero-order valence-corrected chi connectivity index (χ0v) is 16.7. The SMILES string of the molecule is CCc1cc(=O)oc2cc(O[C@H](C)C(=O)NCC3CCC(C(=O)[O-])CC3)ccc12. The second-order valence-corrected chi connectivity index (χ2v) is 7.64. The highest BCUT2D eigenvalue weighted by molar-refractivity contribution is 5.83. The van der Waals surface area contributed by atoms with Gasteiger partial charge in [-0.15, -0.1) is 0 Å². The first-order valence-electron chi connectivity index (χ1n) is 10.1. The molecule has 1 aliphatic rings. The van der Waals surface area contributed by atoms with Crippen molar-refractivity contribution >= 4 is 22.8 Å². The van der Waals surface area contributed by atoms with Crippen LogP contribution in [0.15, 0.2) is 33.5 Å². The highest BCUT2D eigenvalue weighted by atomic mass is 16.5. The van der Waals surface area contributed by atoms with Gasteiger partial charge in [0.2, 0.25) is 0 Å². The second kappa shape index (κ2) is 9.11. The van der Waals surface area contributed by atoms with Gasteiger partial charge >= 0.3 is 5.63 Å². The van der Waals surface area contributed by atoms with Gasteiger partial charge in [-0.1, -0.05) is 6.92 Å². The van der Waals surface area contributed by atoms with E-state index >= 15 is 0 Å². The maximum Gasteiger partial charge on any atom is 0.336 e. The van der Waals surface area contributed by atoms with E-state index in [1.807, 2.05) is 13.0 Å². The van der Waals surface area contributed by atoms with E-state index in [1.54, 1.807) is 19.1 Å². The fourth-order valence-electron chi connectivity index (χ4n) is 3.82. The predicted molar refractivity (Wildman–Crippen MR) is 105 cm³/mol. The number of carboxylic acid groups (broad SMARTS) is 1. The molecule has 1 atom stereocenters. The maximum absolute atomic E-state index is 12.4. The summed E-state index contributed by atoms with van der Waals surface area (Å²) >= 11 is 0. The first-order chi connectivity index (χ1) is 13.9. The van der Waals surface area contributed by atoms with Gasteiger partial charge < -0.3 is 24.4 Å². The van der Waals surface area contributed by atoms with Crippen molar-refractivity contribution in [2.75, 3.05) is 6.54 Å². The number of rotatable bonds is 7. The number of benzene rings is 1. The molecule has 0 radical (unpaired) electrons. The summed E-state index contributed by atoms with van der Waals surface area (Å²) in [5, 5.41) is 14.6. The van der Waals surface area contributed by atoms with Gasteiger partial charge in [-0.25, -0.2) is 4.79 Å². The highest BCUT2D eigenvalue weighted by Crippen LogP contribution is 2.28. The van der Waals surface area contributed by atoms with Crippen LogP contribution in [0.3, 0.4) is 0 Å². The quantitative estimate of drug-likeness (QED) is 0.710. The van der Waals surface area contributed by atoms with Crippen LogP contribution in [-0.2, 0) is 16.0 Å². The Morgan fingerprint density at radius 1 is 1.24 bits per heavy atom. The first-order valence-corrected chi connectivity index (χ1v) is 10.1. The van der Waals surface area contributed by atoms with Crippen molar-refractivity contribution in [2.24, 2.45) is 11.8 Å². The Labute approximate surface area is 169 Å². The van der Waals surface area contributed by atoms with Crippen LogP contribution >= 0.6 is 0 Å². The Morgan fingerprint density at radius 3 is 2.62 bits per heavy atom. The van der Waals surface area contributed by atoms with E-state index in [1.165, 1.54) is 6.07 Å².